The summed E-state index contributed by atoms with van der Waals surface area (Å²) in [5.41, 5.74) is 3.48. The van der Waals surface area contributed by atoms with E-state index in [2.05, 4.69) is 60.0 Å². The molecule has 0 heterocycles. The third-order valence-electron chi connectivity index (χ3n) is 7.79. The molecule has 0 spiro atoms. The van der Waals surface area contributed by atoms with Gasteiger partial charge < -0.3 is 20.5 Å². The quantitative estimate of drug-likeness (QED) is 0.228. The number of hydrogen-bond acceptors (Lipinski definition) is 4. The summed E-state index contributed by atoms with van der Waals surface area (Å²) in [6.45, 7) is 2.25. The number of carbonyl (C=O) groups excluding carboxylic acids is 1. The normalized spacial score (nSPS) is 17.9. The van der Waals surface area contributed by atoms with Crippen LogP contribution in [0.1, 0.15) is 76.4 Å². The maximum atomic E-state index is 12.9. The van der Waals surface area contributed by atoms with Crippen LogP contribution in [0.4, 0.5) is 5.69 Å². The van der Waals surface area contributed by atoms with Gasteiger partial charge in [0.05, 0.1) is 18.4 Å². The zero-order chi connectivity index (χ0) is 27.4. The molecular weight excluding hydrogens is 488 g/mol. The zero-order valence-corrected chi connectivity index (χ0v) is 22.3. The molecule has 1 aliphatic rings. The minimum Gasteiger partial charge on any atom is -0.495 e. The van der Waals surface area contributed by atoms with Crippen LogP contribution in [0, 0.1) is 0 Å². The molecule has 0 unspecified atom stereocenters. The molecule has 0 saturated heterocycles. The fourth-order valence-electron chi connectivity index (χ4n) is 5.76. The molecule has 0 aliphatic heterocycles. The van der Waals surface area contributed by atoms with Gasteiger partial charge in [-0.3, -0.25) is 4.79 Å². The van der Waals surface area contributed by atoms with E-state index in [9.17, 15) is 14.7 Å². The van der Waals surface area contributed by atoms with Gasteiger partial charge in [-0.1, -0.05) is 61.0 Å². The summed E-state index contributed by atoms with van der Waals surface area (Å²) in [6.07, 6.45) is 4.50. The topological polar surface area (TPSA) is 87.7 Å². The lowest BCUT2D eigenvalue weighted by molar-refractivity contribution is 0.0696. The number of amides is 1. The van der Waals surface area contributed by atoms with Crippen LogP contribution >= 0.6 is 0 Å². The molecule has 0 aromatic heterocycles. The molecule has 1 aliphatic carbocycles. The van der Waals surface area contributed by atoms with E-state index in [-0.39, 0.29) is 17.5 Å². The molecule has 200 valence electrons. The molecule has 1 amide bonds. The average Bonchev–Trinajstić information content (AvgIpc) is 2.97. The van der Waals surface area contributed by atoms with Gasteiger partial charge in [0.15, 0.2) is 0 Å². The summed E-state index contributed by atoms with van der Waals surface area (Å²) in [5.74, 6) is -0.539. The molecule has 39 heavy (non-hydrogen) atoms. The van der Waals surface area contributed by atoms with Crippen molar-refractivity contribution in [2.45, 2.75) is 50.6 Å². The summed E-state index contributed by atoms with van der Waals surface area (Å²) < 4.78 is 5.29. The van der Waals surface area contributed by atoms with E-state index in [1.54, 1.807) is 0 Å². The summed E-state index contributed by atoms with van der Waals surface area (Å²) in [5, 5.41) is 18.5. The second-order valence-electron chi connectivity index (χ2n) is 10.3. The van der Waals surface area contributed by atoms with E-state index in [4.69, 9.17) is 4.74 Å². The largest absolute Gasteiger partial charge is 0.495 e. The van der Waals surface area contributed by atoms with Crippen LogP contribution in [0.2, 0.25) is 0 Å². The van der Waals surface area contributed by atoms with E-state index in [1.807, 2.05) is 24.3 Å². The minimum absolute atomic E-state index is 0.0803. The molecule has 3 N–H and O–H groups in total. The van der Waals surface area contributed by atoms with Crippen LogP contribution < -0.4 is 15.4 Å². The van der Waals surface area contributed by atoms with Crippen molar-refractivity contribution >= 4 is 28.3 Å². The van der Waals surface area contributed by atoms with Gasteiger partial charge in [-0.15, -0.1) is 0 Å². The Kier molecular flexibility index (Phi) is 7.94. The summed E-state index contributed by atoms with van der Waals surface area (Å²) in [6, 6.07) is 27.9. The fourth-order valence-corrected chi connectivity index (χ4v) is 5.76. The first-order valence-corrected chi connectivity index (χ1v) is 13.5. The van der Waals surface area contributed by atoms with Gasteiger partial charge in [0.1, 0.15) is 5.75 Å². The van der Waals surface area contributed by atoms with Crippen molar-refractivity contribution < 1.29 is 19.4 Å². The van der Waals surface area contributed by atoms with E-state index >= 15 is 0 Å². The van der Waals surface area contributed by atoms with Gasteiger partial charge in [-0.05, 0) is 84.3 Å². The number of rotatable bonds is 8. The molecule has 0 bridgehead atoms. The van der Waals surface area contributed by atoms with Gasteiger partial charge in [0, 0.05) is 17.6 Å². The first kappa shape index (κ1) is 26.4. The molecule has 4 aromatic carbocycles. The highest BCUT2D eigenvalue weighted by Crippen LogP contribution is 2.35. The first-order valence-electron chi connectivity index (χ1n) is 13.5. The number of benzene rings is 4. The zero-order valence-electron chi connectivity index (χ0n) is 22.3. The van der Waals surface area contributed by atoms with Gasteiger partial charge in [0.25, 0.3) is 5.91 Å². The smallest absolute Gasteiger partial charge is 0.335 e. The minimum atomic E-state index is -1.07. The van der Waals surface area contributed by atoms with Gasteiger partial charge in [-0.2, -0.15) is 0 Å². The first-order chi connectivity index (χ1) is 18.9. The maximum Gasteiger partial charge on any atom is 0.335 e. The second kappa shape index (κ2) is 11.7. The van der Waals surface area contributed by atoms with E-state index in [1.165, 1.54) is 47.2 Å². The van der Waals surface area contributed by atoms with Crippen molar-refractivity contribution in [1.82, 2.24) is 5.32 Å². The van der Waals surface area contributed by atoms with Gasteiger partial charge >= 0.3 is 5.97 Å². The number of ether oxygens (including phenoxy) is 1. The Bertz CT molecular complexity index is 1480. The van der Waals surface area contributed by atoms with E-state index in [0.717, 1.165) is 25.7 Å². The van der Waals surface area contributed by atoms with E-state index in [0.29, 0.717) is 29.0 Å². The highest BCUT2D eigenvalue weighted by Gasteiger charge is 2.25. The molecular formula is C33H34N2O4. The summed E-state index contributed by atoms with van der Waals surface area (Å²) in [4.78, 5) is 24.3. The third kappa shape index (κ3) is 5.96. The van der Waals surface area contributed by atoms with Crippen molar-refractivity contribution in [3.63, 3.8) is 0 Å². The Morgan fingerprint density at radius 3 is 2.44 bits per heavy atom. The molecule has 4 aromatic rings. The molecule has 6 heteroatoms. The number of aromatic carboxylic acids is 1. The summed E-state index contributed by atoms with van der Waals surface area (Å²) >= 11 is 0. The number of carbonyl (C=O) groups is 2. The maximum absolute atomic E-state index is 12.9. The molecule has 6 nitrogen and oxygen atoms in total. The predicted molar refractivity (Wildman–Crippen MR) is 155 cm³/mol. The number of nitrogens with one attached hydrogen (secondary N) is 2. The number of carboxylic acid groups (broad SMARTS) is 1. The second-order valence-corrected chi connectivity index (χ2v) is 10.3. The van der Waals surface area contributed by atoms with Gasteiger partial charge in [-0.25, -0.2) is 4.79 Å². The average molecular weight is 523 g/mol. The highest BCUT2D eigenvalue weighted by atomic mass is 16.5. The van der Waals surface area contributed by atoms with Crippen LogP contribution in [-0.2, 0) is 0 Å². The van der Waals surface area contributed by atoms with Crippen molar-refractivity contribution in [2.24, 2.45) is 0 Å². The Labute approximate surface area is 229 Å². The highest BCUT2D eigenvalue weighted by molar-refractivity contribution is 6.05. The van der Waals surface area contributed by atoms with Crippen molar-refractivity contribution in [2.75, 3.05) is 12.4 Å². The summed E-state index contributed by atoms with van der Waals surface area (Å²) in [7, 11) is 1.48. The van der Waals surface area contributed by atoms with Crippen LogP contribution in [0.3, 0.4) is 0 Å². The fraction of sp³-hybridized carbons (Fsp3) is 0.273. The van der Waals surface area contributed by atoms with Gasteiger partial charge in [0.2, 0.25) is 0 Å². The third-order valence-corrected chi connectivity index (χ3v) is 7.79. The van der Waals surface area contributed by atoms with E-state index < -0.39 is 5.97 Å². The van der Waals surface area contributed by atoms with Crippen molar-refractivity contribution in [3.05, 3.63) is 107 Å². The standard InChI is InChI=1S/C33H34N2O4/c1-21(28-12-6-8-23-7-3-4-11-29(23)28)34-27-10-5-9-25(19-27)22-13-15-24(16-14-22)32(36)35-30-20-26(33(37)38)17-18-31(30)39-2/h3-4,6-8,11-18,20-21,25,27,34H,5,9-10,19H2,1-2H3,(H,35,36)(H,37,38)/t21-,25+,27+/m1/s1. The van der Waals surface area contributed by atoms with Crippen LogP contribution in [0.25, 0.3) is 10.8 Å². The SMILES string of the molecule is COc1ccc(C(=O)O)cc1NC(=O)c1ccc([C@H]2CCC[C@H](N[C@H](C)c3cccc4ccccc34)C2)cc1. The number of carboxylic acids is 1. The lowest BCUT2D eigenvalue weighted by Crippen LogP contribution is -2.35. The number of methoxy groups -OCH3 is 1. The molecule has 0 radical (unpaired) electrons. The Hall–Kier alpha value is -4.16. The van der Waals surface area contributed by atoms with Crippen LogP contribution in [-0.4, -0.2) is 30.1 Å². The Balaban J connectivity index is 1.24. The van der Waals surface area contributed by atoms with Crippen molar-refractivity contribution in [1.29, 1.82) is 0 Å². The molecule has 5 rings (SSSR count). The molecule has 1 fully saturated rings. The number of fused-ring (bicyclic) bond motifs is 1. The van der Waals surface area contributed by atoms with Crippen LogP contribution in [0.15, 0.2) is 84.9 Å². The monoisotopic (exact) mass is 522 g/mol. The van der Waals surface area contributed by atoms with Crippen LogP contribution in [0.5, 0.6) is 5.75 Å². The lowest BCUT2D eigenvalue weighted by Gasteiger charge is -2.32. The number of hydrogen-bond donors (Lipinski definition) is 3. The lowest BCUT2D eigenvalue weighted by atomic mass is 9.80. The molecule has 1 saturated carbocycles. The number of anilines is 1. The predicted octanol–water partition coefficient (Wildman–Crippen LogP) is 7.18. The van der Waals surface area contributed by atoms with Crippen molar-refractivity contribution in [3.8, 4) is 5.75 Å². The molecule has 3 atom stereocenters. The Morgan fingerprint density at radius 1 is 0.923 bits per heavy atom. The Morgan fingerprint density at radius 2 is 1.67 bits per heavy atom.